The molecule has 1 saturated heterocycles. The van der Waals surface area contributed by atoms with Crippen molar-refractivity contribution in [3.63, 3.8) is 0 Å². The van der Waals surface area contributed by atoms with Gasteiger partial charge in [0.25, 0.3) is 0 Å². The third-order valence-corrected chi connectivity index (χ3v) is 4.61. The second kappa shape index (κ2) is 7.39. The standard InChI is InChI=1S/C14H28N2OS/c1-11(2)9-14(3,10-15)16-13(17)8-12-4-6-18-7-5-12/h11-12H,4-10,15H2,1-3H3,(H,16,17). The predicted octanol–water partition coefficient (Wildman–Crippen LogP) is 2.40. The summed E-state index contributed by atoms with van der Waals surface area (Å²) in [5, 5.41) is 3.15. The maximum Gasteiger partial charge on any atom is 0.220 e. The van der Waals surface area contributed by atoms with Crippen molar-refractivity contribution >= 4 is 17.7 Å². The van der Waals surface area contributed by atoms with Crippen molar-refractivity contribution in [2.24, 2.45) is 17.6 Å². The second-order valence-corrected chi connectivity index (χ2v) is 7.40. The summed E-state index contributed by atoms with van der Waals surface area (Å²) >= 11 is 2.00. The number of rotatable bonds is 6. The summed E-state index contributed by atoms with van der Waals surface area (Å²) in [6, 6.07) is 0. The van der Waals surface area contributed by atoms with Crippen LogP contribution in [0.1, 0.15) is 46.5 Å². The fourth-order valence-corrected chi connectivity index (χ4v) is 3.89. The Morgan fingerprint density at radius 1 is 1.44 bits per heavy atom. The molecule has 0 aromatic carbocycles. The van der Waals surface area contributed by atoms with Gasteiger partial charge in [-0.25, -0.2) is 0 Å². The van der Waals surface area contributed by atoms with Crippen LogP contribution in [0.25, 0.3) is 0 Å². The van der Waals surface area contributed by atoms with E-state index in [1.165, 1.54) is 24.3 Å². The Morgan fingerprint density at radius 2 is 2.06 bits per heavy atom. The third kappa shape index (κ3) is 5.61. The van der Waals surface area contributed by atoms with E-state index in [1.54, 1.807) is 0 Å². The highest BCUT2D eigenvalue weighted by Gasteiger charge is 2.27. The van der Waals surface area contributed by atoms with E-state index in [0.29, 0.717) is 24.8 Å². The molecule has 0 saturated carbocycles. The smallest absolute Gasteiger partial charge is 0.220 e. The lowest BCUT2D eigenvalue weighted by Gasteiger charge is -2.32. The molecule has 1 amide bonds. The highest BCUT2D eigenvalue weighted by Crippen LogP contribution is 2.25. The number of hydrogen-bond donors (Lipinski definition) is 2. The molecule has 3 N–H and O–H groups in total. The summed E-state index contributed by atoms with van der Waals surface area (Å²) in [4.78, 5) is 12.1. The summed E-state index contributed by atoms with van der Waals surface area (Å²) in [7, 11) is 0. The molecule has 1 aliphatic heterocycles. The van der Waals surface area contributed by atoms with Gasteiger partial charge >= 0.3 is 0 Å². The van der Waals surface area contributed by atoms with Gasteiger partial charge in [-0.05, 0) is 49.5 Å². The van der Waals surface area contributed by atoms with Crippen LogP contribution in [0.3, 0.4) is 0 Å². The number of amides is 1. The molecule has 4 heteroatoms. The van der Waals surface area contributed by atoms with E-state index in [9.17, 15) is 4.79 Å². The van der Waals surface area contributed by atoms with Gasteiger partial charge in [0.1, 0.15) is 0 Å². The van der Waals surface area contributed by atoms with Gasteiger partial charge in [-0.15, -0.1) is 0 Å². The summed E-state index contributed by atoms with van der Waals surface area (Å²) in [6.07, 6.45) is 3.98. The van der Waals surface area contributed by atoms with Crippen LogP contribution < -0.4 is 11.1 Å². The topological polar surface area (TPSA) is 55.1 Å². The number of nitrogens with two attached hydrogens (primary N) is 1. The molecule has 0 aromatic heterocycles. The molecule has 1 heterocycles. The van der Waals surface area contributed by atoms with Crippen molar-refractivity contribution in [1.82, 2.24) is 5.32 Å². The van der Waals surface area contributed by atoms with E-state index in [4.69, 9.17) is 5.73 Å². The second-order valence-electron chi connectivity index (χ2n) is 6.17. The highest BCUT2D eigenvalue weighted by atomic mass is 32.2. The maximum absolute atomic E-state index is 12.1. The molecule has 0 spiro atoms. The fraction of sp³-hybridized carbons (Fsp3) is 0.929. The van der Waals surface area contributed by atoms with Gasteiger partial charge in [-0.3, -0.25) is 4.79 Å². The number of nitrogens with one attached hydrogen (secondary N) is 1. The van der Waals surface area contributed by atoms with Gasteiger partial charge in [0, 0.05) is 18.5 Å². The Balaban J connectivity index is 2.40. The SMILES string of the molecule is CC(C)CC(C)(CN)NC(=O)CC1CCSCC1. The minimum absolute atomic E-state index is 0.181. The summed E-state index contributed by atoms with van der Waals surface area (Å²) < 4.78 is 0. The lowest BCUT2D eigenvalue weighted by molar-refractivity contribution is -0.123. The van der Waals surface area contributed by atoms with Crippen molar-refractivity contribution in [3.8, 4) is 0 Å². The van der Waals surface area contributed by atoms with Gasteiger partial charge in [-0.1, -0.05) is 13.8 Å². The quantitative estimate of drug-likeness (QED) is 0.780. The fourth-order valence-electron chi connectivity index (χ4n) is 2.69. The van der Waals surface area contributed by atoms with Gasteiger partial charge in [0.15, 0.2) is 0 Å². The summed E-state index contributed by atoms with van der Waals surface area (Å²) in [5.74, 6) is 3.72. The molecule has 3 nitrogen and oxygen atoms in total. The van der Waals surface area contributed by atoms with Gasteiger partial charge < -0.3 is 11.1 Å². The molecule has 0 radical (unpaired) electrons. The molecule has 1 unspecified atom stereocenters. The van der Waals surface area contributed by atoms with E-state index >= 15 is 0 Å². The molecule has 1 fully saturated rings. The number of thioether (sulfide) groups is 1. The minimum Gasteiger partial charge on any atom is -0.350 e. The van der Waals surface area contributed by atoms with Gasteiger partial charge in [0.2, 0.25) is 5.91 Å². The zero-order chi connectivity index (χ0) is 13.6. The van der Waals surface area contributed by atoms with Crippen LogP contribution >= 0.6 is 11.8 Å². The lowest BCUT2D eigenvalue weighted by Crippen LogP contribution is -2.52. The molecule has 0 aromatic rings. The Bertz CT molecular complexity index is 265. The van der Waals surface area contributed by atoms with Crippen molar-refractivity contribution in [3.05, 3.63) is 0 Å². The van der Waals surface area contributed by atoms with Crippen molar-refractivity contribution in [2.75, 3.05) is 18.1 Å². The van der Waals surface area contributed by atoms with Crippen molar-refractivity contribution in [2.45, 2.75) is 52.0 Å². The Labute approximate surface area is 116 Å². The average molecular weight is 272 g/mol. The largest absolute Gasteiger partial charge is 0.350 e. The zero-order valence-corrected chi connectivity index (χ0v) is 12.8. The molecule has 0 aliphatic carbocycles. The van der Waals surface area contributed by atoms with Crippen molar-refractivity contribution in [1.29, 1.82) is 0 Å². The summed E-state index contributed by atoms with van der Waals surface area (Å²) in [6.45, 7) is 6.90. The first kappa shape index (κ1) is 15.8. The molecule has 106 valence electrons. The maximum atomic E-state index is 12.1. The van der Waals surface area contributed by atoms with Crippen LogP contribution in [0.4, 0.5) is 0 Å². The zero-order valence-electron chi connectivity index (χ0n) is 12.0. The first-order valence-corrected chi connectivity index (χ1v) is 8.19. The molecule has 18 heavy (non-hydrogen) atoms. The number of hydrogen-bond acceptors (Lipinski definition) is 3. The van der Waals surface area contributed by atoms with E-state index in [2.05, 4.69) is 26.1 Å². The van der Waals surface area contributed by atoms with E-state index < -0.39 is 0 Å². The predicted molar refractivity (Wildman–Crippen MR) is 79.7 cm³/mol. The van der Waals surface area contributed by atoms with Crippen molar-refractivity contribution < 1.29 is 4.79 Å². The molecular formula is C14H28N2OS. The minimum atomic E-state index is -0.241. The summed E-state index contributed by atoms with van der Waals surface area (Å²) in [5.41, 5.74) is 5.58. The number of carbonyl (C=O) groups excluding carboxylic acids is 1. The van der Waals surface area contributed by atoms with Gasteiger partial charge in [0.05, 0.1) is 0 Å². The molecule has 1 atom stereocenters. The third-order valence-electron chi connectivity index (χ3n) is 3.57. The monoisotopic (exact) mass is 272 g/mol. The lowest BCUT2D eigenvalue weighted by atomic mass is 9.90. The molecule has 1 rings (SSSR count). The Hall–Kier alpha value is -0.220. The normalized spacial score (nSPS) is 20.7. The Kier molecular flexibility index (Phi) is 6.50. The van der Waals surface area contributed by atoms with E-state index in [0.717, 1.165) is 6.42 Å². The van der Waals surface area contributed by atoms with Crippen LogP contribution in [0.5, 0.6) is 0 Å². The van der Waals surface area contributed by atoms with Crippen LogP contribution in [0, 0.1) is 11.8 Å². The average Bonchev–Trinajstić information content (AvgIpc) is 2.28. The first-order valence-electron chi connectivity index (χ1n) is 7.04. The van der Waals surface area contributed by atoms with Crippen LogP contribution in [0.15, 0.2) is 0 Å². The van der Waals surface area contributed by atoms with Gasteiger partial charge in [-0.2, -0.15) is 11.8 Å². The molecule has 1 aliphatic rings. The van der Waals surface area contributed by atoms with E-state index in [-0.39, 0.29) is 11.4 Å². The number of carbonyl (C=O) groups is 1. The molecule has 0 bridgehead atoms. The van der Waals surface area contributed by atoms with E-state index in [1.807, 2.05) is 11.8 Å². The first-order chi connectivity index (χ1) is 8.45. The van der Waals surface area contributed by atoms with Crippen LogP contribution in [-0.4, -0.2) is 29.5 Å². The van der Waals surface area contributed by atoms with Crippen LogP contribution in [0.2, 0.25) is 0 Å². The molecular weight excluding hydrogens is 244 g/mol. The van der Waals surface area contributed by atoms with Crippen LogP contribution in [-0.2, 0) is 4.79 Å². The highest BCUT2D eigenvalue weighted by molar-refractivity contribution is 7.99. The Morgan fingerprint density at radius 3 is 2.56 bits per heavy atom.